The lowest BCUT2D eigenvalue weighted by Crippen LogP contribution is -2.22. The molecule has 0 N–H and O–H groups in total. The Kier molecular flexibility index (Phi) is 53.1. The van der Waals surface area contributed by atoms with Gasteiger partial charge in [-0.05, 0) is 89.2 Å². The lowest BCUT2D eigenvalue weighted by Gasteiger charge is -2.18. The Balaban J connectivity index is 3.71. The molecule has 0 aliphatic carbocycles. The van der Waals surface area contributed by atoms with Crippen molar-refractivity contribution in [2.75, 3.05) is 40.6 Å². The maximum absolute atomic E-state index is 6.04. The van der Waals surface area contributed by atoms with E-state index in [4.69, 9.17) is 33.2 Å². The van der Waals surface area contributed by atoms with Crippen molar-refractivity contribution in [2.45, 2.75) is 297 Å². The van der Waals surface area contributed by atoms with Crippen molar-refractivity contribution in [3.63, 3.8) is 0 Å². The number of hydrogen-bond acceptors (Lipinski definition) is 7. The van der Waals surface area contributed by atoms with Crippen LogP contribution in [0.5, 0.6) is 0 Å². The van der Waals surface area contributed by atoms with Gasteiger partial charge in [0.2, 0.25) is 0 Å². The van der Waals surface area contributed by atoms with Gasteiger partial charge in [-0.3, -0.25) is 0 Å². The normalized spacial score (nSPS) is 13.2. The van der Waals surface area contributed by atoms with Crippen LogP contribution in [0.2, 0.25) is 0 Å². The van der Waals surface area contributed by atoms with Gasteiger partial charge in [0.1, 0.15) is 0 Å². The van der Waals surface area contributed by atoms with Gasteiger partial charge in [0, 0.05) is 40.6 Å². The average molecular weight is 895 g/mol. The molecule has 0 heterocycles. The number of rotatable bonds is 54. The van der Waals surface area contributed by atoms with E-state index in [1.165, 1.54) is 193 Å². The molecule has 7 heteroatoms. The monoisotopic (exact) mass is 895 g/mol. The van der Waals surface area contributed by atoms with Crippen LogP contribution in [-0.2, 0) is 33.2 Å². The lowest BCUT2D eigenvalue weighted by molar-refractivity contribution is -0.188. The van der Waals surface area contributed by atoms with Crippen LogP contribution in [0.3, 0.4) is 0 Å². The zero-order valence-electron chi connectivity index (χ0n) is 43.2. The number of hydrogen-bond donors (Lipinski definition) is 0. The van der Waals surface area contributed by atoms with E-state index in [0.717, 1.165) is 77.8 Å². The summed E-state index contributed by atoms with van der Waals surface area (Å²) in [5, 5.41) is 0. The van der Waals surface area contributed by atoms with Gasteiger partial charge in [-0.1, -0.05) is 207 Å². The summed E-state index contributed by atoms with van der Waals surface area (Å²) in [5.74, 6) is 0. The molecular formula is C56H110O7. The fourth-order valence-electron chi connectivity index (χ4n) is 7.81. The topological polar surface area (TPSA) is 64.6 Å². The molecule has 2 unspecified atom stereocenters. The van der Waals surface area contributed by atoms with Crippen LogP contribution in [-0.4, -0.2) is 65.8 Å². The Morgan fingerprint density at radius 1 is 0.302 bits per heavy atom. The second-order valence-electron chi connectivity index (χ2n) is 18.3. The van der Waals surface area contributed by atoms with E-state index in [0.29, 0.717) is 0 Å². The van der Waals surface area contributed by atoms with Crippen molar-refractivity contribution in [3.8, 4) is 0 Å². The van der Waals surface area contributed by atoms with Crippen LogP contribution >= 0.6 is 0 Å². The third-order valence-corrected chi connectivity index (χ3v) is 12.1. The minimum atomic E-state index is -0.384. The molecule has 0 aliphatic rings. The van der Waals surface area contributed by atoms with E-state index in [9.17, 15) is 0 Å². The first-order chi connectivity index (χ1) is 31.1. The Morgan fingerprint density at radius 3 is 0.778 bits per heavy atom. The third-order valence-electron chi connectivity index (χ3n) is 12.1. The number of allylic oxidation sites excluding steroid dienone is 2. The minimum Gasteiger partial charge on any atom is -0.353 e. The van der Waals surface area contributed by atoms with Crippen molar-refractivity contribution in [3.05, 3.63) is 24.3 Å². The van der Waals surface area contributed by atoms with Crippen LogP contribution in [0.1, 0.15) is 272 Å². The summed E-state index contributed by atoms with van der Waals surface area (Å²) in [6, 6.07) is 0. The molecule has 0 saturated heterocycles. The smallest absolute Gasteiger partial charge is 0.179 e. The average Bonchev–Trinajstić information content (AvgIpc) is 3.29. The summed E-state index contributed by atoms with van der Waals surface area (Å²) in [6.45, 7) is 12.2. The van der Waals surface area contributed by atoms with Gasteiger partial charge in [0.25, 0.3) is 0 Å². The highest BCUT2D eigenvalue weighted by Crippen LogP contribution is 2.18. The molecule has 0 bridgehead atoms. The number of ether oxygens (including phenoxy) is 7. The molecule has 2 atom stereocenters. The molecule has 0 aromatic heterocycles. The first kappa shape index (κ1) is 62.2. The SMILES string of the molecule is CCCCOC(CCCCCCCCCCCCCCCC=CC(OC)OC(C=CCCCCCCCCCCCCCCCC(OCCCC)OCCCC)OC)OCCCC. The van der Waals surface area contributed by atoms with Crippen molar-refractivity contribution in [1.82, 2.24) is 0 Å². The van der Waals surface area contributed by atoms with E-state index in [1.54, 1.807) is 14.2 Å². The highest BCUT2D eigenvalue weighted by Gasteiger charge is 2.12. The number of unbranched alkanes of at least 4 members (excludes halogenated alkanes) is 30. The maximum atomic E-state index is 6.04. The molecule has 376 valence electrons. The fourth-order valence-corrected chi connectivity index (χ4v) is 7.81. The van der Waals surface area contributed by atoms with Crippen LogP contribution in [0.4, 0.5) is 0 Å². The predicted molar refractivity (Wildman–Crippen MR) is 270 cm³/mol. The van der Waals surface area contributed by atoms with Crippen molar-refractivity contribution in [1.29, 1.82) is 0 Å². The summed E-state index contributed by atoms with van der Waals surface area (Å²) < 4.78 is 41.1. The maximum Gasteiger partial charge on any atom is 0.179 e. The second kappa shape index (κ2) is 53.8. The standard InChI is InChI=1S/C56H110O7/c1-7-11-49-59-55(60-50-12-8-2)47-43-39-35-31-27-23-19-15-17-21-25-29-33-37-41-45-53(57-5)63-54(58-6)46-42-38-34-30-26-22-18-16-20-24-28-32-36-40-44-48-56(61-51-13-9-3)62-52-14-10-4/h41-42,45-46,53-56H,7-40,43-44,47-52H2,1-6H3. The Labute approximate surface area is 393 Å². The molecule has 0 radical (unpaired) electrons. The van der Waals surface area contributed by atoms with Crippen molar-refractivity contribution < 1.29 is 33.2 Å². The van der Waals surface area contributed by atoms with E-state index in [1.807, 2.05) is 12.2 Å². The second-order valence-corrected chi connectivity index (χ2v) is 18.3. The summed E-state index contributed by atoms with van der Waals surface area (Å²) in [7, 11) is 3.40. The molecular weight excluding hydrogens is 785 g/mol. The molecule has 0 aromatic carbocycles. The lowest BCUT2D eigenvalue weighted by atomic mass is 10.0. The van der Waals surface area contributed by atoms with Gasteiger partial charge in [-0.2, -0.15) is 0 Å². The van der Waals surface area contributed by atoms with Gasteiger partial charge in [0.05, 0.1) is 0 Å². The molecule has 0 saturated carbocycles. The number of methoxy groups -OCH3 is 2. The van der Waals surface area contributed by atoms with Crippen LogP contribution in [0, 0.1) is 0 Å². The van der Waals surface area contributed by atoms with Gasteiger partial charge < -0.3 is 33.2 Å². The molecule has 0 rings (SSSR count). The summed E-state index contributed by atoms with van der Waals surface area (Å²) in [4.78, 5) is 0. The molecule has 7 nitrogen and oxygen atoms in total. The zero-order chi connectivity index (χ0) is 45.8. The molecule has 63 heavy (non-hydrogen) atoms. The Hall–Kier alpha value is -0.800. The molecule has 0 aromatic rings. The molecule has 0 spiro atoms. The van der Waals surface area contributed by atoms with E-state index in [2.05, 4.69) is 39.8 Å². The molecule has 0 fully saturated rings. The third kappa shape index (κ3) is 47.5. The Bertz CT molecular complexity index is 807. The minimum absolute atomic E-state index is 0.0126. The van der Waals surface area contributed by atoms with E-state index >= 15 is 0 Å². The zero-order valence-corrected chi connectivity index (χ0v) is 43.2. The van der Waals surface area contributed by atoms with Gasteiger partial charge in [-0.15, -0.1) is 0 Å². The van der Waals surface area contributed by atoms with Gasteiger partial charge in [-0.25, -0.2) is 0 Å². The summed E-state index contributed by atoms with van der Waals surface area (Å²) in [6.07, 6.45) is 56.1. The van der Waals surface area contributed by atoms with Crippen LogP contribution < -0.4 is 0 Å². The van der Waals surface area contributed by atoms with Crippen LogP contribution in [0.15, 0.2) is 24.3 Å². The van der Waals surface area contributed by atoms with Crippen molar-refractivity contribution >= 4 is 0 Å². The quantitative estimate of drug-likeness (QED) is 0.0342. The molecule has 0 aliphatic heterocycles. The van der Waals surface area contributed by atoms with Gasteiger partial charge >= 0.3 is 0 Å². The first-order valence-corrected chi connectivity index (χ1v) is 27.7. The van der Waals surface area contributed by atoms with Gasteiger partial charge in [0.15, 0.2) is 25.2 Å². The summed E-state index contributed by atoms with van der Waals surface area (Å²) in [5.41, 5.74) is 0. The van der Waals surface area contributed by atoms with Crippen molar-refractivity contribution in [2.24, 2.45) is 0 Å². The summed E-state index contributed by atoms with van der Waals surface area (Å²) >= 11 is 0. The fraction of sp³-hybridized carbons (Fsp3) is 0.929. The van der Waals surface area contributed by atoms with Crippen LogP contribution in [0.25, 0.3) is 0 Å². The highest BCUT2D eigenvalue weighted by atomic mass is 16.8. The molecule has 0 amide bonds. The predicted octanol–water partition coefficient (Wildman–Crippen LogP) is 17.7. The first-order valence-electron chi connectivity index (χ1n) is 27.7. The highest BCUT2D eigenvalue weighted by molar-refractivity contribution is 4.89. The Morgan fingerprint density at radius 2 is 0.540 bits per heavy atom. The largest absolute Gasteiger partial charge is 0.353 e. The van der Waals surface area contributed by atoms with E-state index in [-0.39, 0.29) is 25.2 Å². The van der Waals surface area contributed by atoms with E-state index < -0.39 is 0 Å².